The number of rotatable bonds is 4. The molecule has 0 fully saturated rings. The molecule has 10 aromatic rings. The van der Waals surface area contributed by atoms with E-state index in [2.05, 4.69) is 277 Å². The number of hydrogen-bond acceptors (Lipinski definition) is 4. The lowest BCUT2D eigenvalue weighted by Crippen LogP contribution is -2.61. The molecule has 7 aromatic carbocycles. The largest absolute Gasteiger partial charge is 0.310 e. The number of aromatic nitrogens is 2. The Hall–Kier alpha value is -6.89. The highest BCUT2D eigenvalue weighted by molar-refractivity contribution is 7.33. The molecule has 392 valence electrons. The van der Waals surface area contributed by atoms with Gasteiger partial charge in [-0.25, -0.2) is 4.98 Å². The van der Waals surface area contributed by atoms with Gasteiger partial charge in [-0.2, -0.15) is 0 Å². The van der Waals surface area contributed by atoms with E-state index < -0.39 is 0 Å². The number of fused-ring (bicyclic) bond motifs is 11. The molecule has 0 N–H and O–H groups in total. The Labute approximate surface area is 468 Å². The summed E-state index contributed by atoms with van der Waals surface area (Å²) in [4.78, 5) is 11.6. The molecule has 0 amide bonds. The van der Waals surface area contributed by atoms with Gasteiger partial charge < -0.3 is 4.90 Å². The summed E-state index contributed by atoms with van der Waals surface area (Å²) in [6.45, 7) is 37.7. The van der Waals surface area contributed by atoms with Crippen LogP contribution in [-0.4, -0.2) is 16.3 Å². The van der Waals surface area contributed by atoms with Crippen molar-refractivity contribution >= 4 is 100 Å². The Balaban J connectivity index is 1.24. The maximum atomic E-state index is 6.29. The van der Waals surface area contributed by atoms with Gasteiger partial charge in [0.2, 0.25) is 0 Å². The van der Waals surface area contributed by atoms with Crippen LogP contribution in [0.25, 0.3) is 48.8 Å². The van der Waals surface area contributed by atoms with Gasteiger partial charge in [0.25, 0.3) is 6.71 Å². The van der Waals surface area contributed by atoms with Gasteiger partial charge in [-0.3, -0.25) is 9.47 Å². The third kappa shape index (κ3) is 7.70. The summed E-state index contributed by atoms with van der Waals surface area (Å²) in [5.41, 5.74) is 22.1. The zero-order valence-electron chi connectivity index (χ0n) is 48.9. The quantitative estimate of drug-likeness (QED) is 0.164. The normalized spacial score (nSPS) is 15.8. The third-order valence-corrected chi connectivity index (χ3v) is 19.0. The van der Waals surface area contributed by atoms with E-state index in [-0.39, 0.29) is 39.2 Å². The summed E-state index contributed by atoms with van der Waals surface area (Å²) in [5.74, 6) is 0.991. The molecular weight excluding hydrogens is 964 g/mol. The predicted molar refractivity (Wildman–Crippen MR) is 339 cm³/mol. The van der Waals surface area contributed by atoms with Crippen molar-refractivity contribution in [2.45, 2.75) is 150 Å². The van der Waals surface area contributed by atoms with E-state index in [4.69, 9.17) is 4.98 Å². The Morgan fingerprint density at radius 3 is 1.77 bits per heavy atom. The monoisotopic (exact) mass is 1040 g/mol. The lowest BCUT2D eigenvalue weighted by atomic mass is 9.36. The van der Waals surface area contributed by atoms with Crippen molar-refractivity contribution in [2.24, 2.45) is 0 Å². The van der Waals surface area contributed by atoms with Crippen LogP contribution in [0.2, 0.25) is 0 Å². The highest BCUT2D eigenvalue weighted by Gasteiger charge is 2.49. The average Bonchev–Trinajstić information content (AvgIpc) is 3.76. The number of para-hydroxylation sites is 2. The Morgan fingerprint density at radius 2 is 1.09 bits per heavy atom. The van der Waals surface area contributed by atoms with Crippen LogP contribution >= 0.6 is 11.3 Å². The predicted octanol–water partition coefficient (Wildman–Crippen LogP) is 18.3. The molecule has 0 bridgehead atoms. The zero-order chi connectivity index (χ0) is 55.0. The van der Waals surface area contributed by atoms with E-state index in [0.717, 1.165) is 45.9 Å². The molecule has 2 aliphatic heterocycles. The van der Waals surface area contributed by atoms with E-state index in [1.165, 1.54) is 92.7 Å². The summed E-state index contributed by atoms with van der Waals surface area (Å²) < 4.78 is 5.10. The molecule has 0 atom stereocenters. The molecular formula is C72H75BN4S. The minimum atomic E-state index is -0.116. The van der Waals surface area contributed by atoms with Crippen LogP contribution in [0.1, 0.15) is 151 Å². The van der Waals surface area contributed by atoms with E-state index >= 15 is 0 Å². The van der Waals surface area contributed by atoms with E-state index in [1.807, 2.05) is 11.3 Å². The number of nitrogens with zero attached hydrogens (tertiary/aromatic N) is 4. The standard InChI is InChI=1S/C72H75BN4S/c1-67(2,3)44-28-26-43(27-29-44)51-38-45(68(4,5)6)30-35-57(51)77-58-36-31-47(70(10,11)12)40-55(58)73-61-63(77)60-50-24-20-21-25-56(50)75(48-22-18-17-19-23-48)65(60)74-66(61)76(49-33-34-53-54(41-49)72(15,16)42-71(53,13)14)62-52-39-46(69(7,8)9)32-37-59(52)78-64(62)73/h17-41H,42H2,1-16H3. The average molecular weight is 1040 g/mol. The first-order valence-corrected chi connectivity index (χ1v) is 29.3. The second-order valence-corrected chi connectivity index (χ2v) is 29.6. The highest BCUT2D eigenvalue weighted by atomic mass is 32.1. The molecule has 3 aliphatic rings. The van der Waals surface area contributed by atoms with Gasteiger partial charge in [-0.15, -0.1) is 11.3 Å². The third-order valence-electron chi connectivity index (χ3n) is 17.8. The van der Waals surface area contributed by atoms with Gasteiger partial charge in [0.05, 0.1) is 28.0 Å². The molecule has 0 unspecified atom stereocenters. The minimum absolute atomic E-state index is 0.0115. The molecule has 13 rings (SSSR count). The van der Waals surface area contributed by atoms with Gasteiger partial charge in [0, 0.05) is 42.9 Å². The number of anilines is 6. The molecule has 0 spiro atoms. The Bertz CT molecular complexity index is 4100. The van der Waals surface area contributed by atoms with Crippen molar-refractivity contribution in [3.05, 3.63) is 185 Å². The number of hydrogen-bond donors (Lipinski definition) is 0. The van der Waals surface area contributed by atoms with Crippen LogP contribution in [0, 0.1) is 0 Å². The topological polar surface area (TPSA) is 24.3 Å². The van der Waals surface area contributed by atoms with Crippen LogP contribution in [0.15, 0.2) is 152 Å². The summed E-state index contributed by atoms with van der Waals surface area (Å²) in [6, 6.07) is 58.9. The van der Waals surface area contributed by atoms with Crippen molar-refractivity contribution in [1.82, 2.24) is 9.55 Å². The zero-order valence-corrected chi connectivity index (χ0v) is 49.7. The summed E-state index contributed by atoms with van der Waals surface area (Å²) in [7, 11) is 0. The fourth-order valence-corrected chi connectivity index (χ4v) is 15.1. The van der Waals surface area contributed by atoms with Gasteiger partial charge in [-0.05, 0) is 149 Å². The second kappa shape index (κ2) is 16.8. The minimum Gasteiger partial charge on any atom is -0.310 e. The second-order valence-electron chi connectivity index (χ2n) is 28.5. The fraction of sp³-hybridized carbons (Fsp3) is 0.319. The molecule has 0 radical (unpaired) electrons. The van der Waals surface area contributed by atoms with Crippen molar-refractivity contribution in [3.63, 3.8) is 0 Å². The number of thiophene rings is 1. The van der Waals surface area contributed by atoms with E-state index in [9.17, 15) is 0 Å². The van der Waals surface area contributed by atoms with Crippen LogP contribution in [-0.2, 0) is 32.5 Å². The van der Waals surface area contributed by atoms with Crippen molar-refractivity contribution in [2.75, 3.05) is 9.80 Å². The summed E-state index contributed by atoms with van der Waals surface area (Å²) in [6.07, 6.45) is 1.09. The van der Waals surface area contributed by atoms with Gasteiger partial charge in [-0.1, -0.05) is 202 Å². The highest BCUT2D eigenvalue weighted by Crippen LogP contribution is 2.56. The molecule has 4 nitrogen and oxygen atoms in total. The van der Waals surface area contributed by atoms with Gasteiger partial charge in [0.15, 0.2) is 0 Å². The number of benzene rings is 7. The lowest BCUT2D eigenvalue weighted by Gasteiger charge is -2.44. The van der Waals surface area contributed by atoms with E-state index in [0.29, 0.717) is 0 Å². The van der Waals surface area contributed by atoms with E-state index in [1.54, 1.807) is 0 Å². The fourth-order valence-electron chi connectivity index (χ4n) is 13.8. The maximum absolute atomic E-state index is 6.29. The van der Waals surface area contributed by atoms with Crippen LogP contribution in [0.5, 0.6) is 0 Å². The SMILES string of the molecule is CC(C)(C)c1ccc(-c2cc(C(C)(C)C)ccc2N2c3ccc(C(C)(C)C)cc3B3c4sc5ccc(C(C)(C)C)cc5c4N(c4ccc5c(c4)C(C)(C)CC5(C)C)c4nc5c(c2c43)c2ccccc2n5-c2ccccc2)cc1. The van der Waals surface area contributed by atoms with Crippen molar-refractivity contribution < 1.29 is 0 Å². The van der Waals surface area contributed by atoms with Crippen LogP contribution in [0.3, 0.4) is 0 Å². The molecule has 3 aromatic heterocycles. The molecule has 0 saturated heterocycles. The smallest absolute Gasteiger partial charge is 0.266 e. The first-order valence-electron chi connectivity index (χ1n) is 28.5. The van der Waals surface area contributed by atoms with Crippen LogP contribution < -0.4 is 25.5 Å². The Morgan fingerprint density at radius 1 is 0.500 bits per heavy atom. The summed E-state index contributed by atoms with van der Waals surface area (Å²) >= 11 is 1.98. The lowest BCUT2D eigenvalue weighted by molar-refractivity contribution is 0.403. The maximum Gasteiger partial charge on any atom is 0.266 e. The Kier molecular flexibility index (Phi) is 10.9. The molecule has 1 aliphatic carbocycles. The first kappa shape index (κ1) is 50.6. The summed E-state index contributed by atoms with van der Waals surface area (Å²) in [5, 5.41) is 3.64. The molecule has 78 heavy (non-hydrogen) atoms. The van der Waals surface area contributed by atoms with Crippen molar-refractivity contribution in [3.8, 4) is 16.8 Å². The van der Waals surface area contributed by atoms with Gasteiger partial charge >= 0.3 is 0 Å². The number of pyridine rings is 1. The molecule has 0 saturated carbocycles. The first-order chi connectivity index (χ1) is 36.7. The molecule has 6 heteroatoms. The van der Waals surface area contributed by atoms with Gasteiger partial charge in [0.1, 0.15) is 11.5 Å². The molecule has 5 heterocycles. The van der Waals surface area contributed by atoms with Crippen molar-refractivity contribution in [1.29, 1.82) is 0 Å². The van der Waals surface area contributed by atoms with Crippen LogP contribution in [0.4, 0.5) is 34.3 Å².